The quantitative estimate of drug-likeness (QED) is 0.747. The molecule has 6 nitrogen and oxygen atoms in total. The zero-order valence-corrected chi connectivity index (χ0v) is 14.4. The summed E-state index contributed by atoms with van der Waals surface area (Å²) in [6.07, 6.45) is 0. The summed E-state index contributed by atoms with van der Waals surface area (Å²) < 4.78 is 0. The second-order valence-electron chi connectivity index (χ2n) is 6.01. The van der Waals surface area contributed by atoms with Crippen LogP contribution in [-0.4, -0.2) is 17.7 Å². The van der Waals surface area contributed by atoms with Crippen LogP contribution in [0.15, 0.2) is 42.5 Å². The molecule has 130 valence electrons. The molecular formula is C19H21N3O3. The predicted molar refractivity (Wildman–Crippen MR) is 97.5 cm³/mol. The van der Waals surface area contributed by atoms with Crippen LogP contribution in [0, 0.1) is 6.92 Å². The number of nitrogens with one attached hydrogen (secondary N) is 2. The summed E-state index contributed by atoms with van der Waals surface area (Å²) in [4.78, 5) is 35.9. The van der Waals surface area contributed by atoms with Gasteiger partial charge in [-0.15, -0.1) is 0 Å². The van der Waals surface area contributed by atoms with Crippen molar-refractivity contribution in [3.05, 3.63) is 59.2 Å². The fourth-order valence-corrected chi connectivity index (χ4v) is 2.50. The Morgan fingerprint density at radius 3 is 2.20 bits per heavy atom. The molecule has 0 unspecified atom stereocenters. The highest BCUT2D eigenvalue weighted by molar-refractivity contribution is 6.44. The van der Waals surface area contributed by atoms with E-state index in [1.165, 1.54) is 12.1 Å². The molecule has 2 rings (SSSR count). The Bertz CT molecular complexity index is 828. The van der Waals surface area contributed by atoms with E-state index in [4.69, 9.17) is 5.73 Å². The van der Waals surface area contributed by atoms with E-state index in [0.717, 1.165) is 11.1 Å². The van der Waals surface area contributed by atoms with Crippen molar-refractivity contribution in [2.24, 2.45) is 5.73 Å². The minimum absolute atomic E-state index is 0.141. The lowest BCUT2D eigenvalue weighted by Crippen LogP contribution is -2.30. The number of aryl methyl sites for hydroxylation is 1. The van der Waals surface area contributed by atoms with Gasteiger partial charge in [0.1, 0.15) is 0 Å². The Kier molecular flexibility index (Phi) is 5.54. The molecule has 0 heterocycles. The third-order valence-corrected chi connectivity index (χ3v) is 3.81. The molecule has 0 aromatic heterocycles. The average molecular weight is 339 g/mol. The van der Waals surface area contributed by atoms with Crippen molar-refractivity contribution in [2.45, 2.75) is 26.7 Å². The van der Waals surface area contributed by atoms with Crippen molar-refractivity contribution >= 4 is 29.1 Å². The number of amides is 3. The molecule has 0 bridgehead atoms. The Hall–Kier alpha value is -3.15. The van der Waals surface area contributed by atoms with Gasteiger partial charge in [0.2, 0.25) is 0 Å². The molecule has 0 saturated heterocycles. The van der Waals surface area contributed by atoms with Gasteiger partial charge < -0.3 is 16.4 Å². The van der Waals surface area contributed by atoms with Crippen LogP contribution in [0.25, 0.3) is 0 Å². The van der Waals surface area contributed by atoms with Crippen LogP contribution in [0.4, 0.5) is 11.4 Å². The molecule has 0 fully saturated rings. The number of carbonyl (C=O) groups is 3. The van der Waals surface area contributed by atoms with Crippen LogP contribution in [0.5, 0.6) is 0 Å². The highest BCUT2D eigenvalue weighted by atomic mass is 16.2. The van der Waals surface area contributed by atoms with Crippen LogP contribution >= 0.6 is 0 Å². The summed E-state index contributed by atoms with van der Waals surface area (Å²) in [7, 11) is 0. The highest BCUT2D eigenvalue weighted by Crippen LogP contribution is 2.27. The Morgan fingerprint density at radius 1 is 0.920 bits per heavy atom. The van der Waals surface area contributed by atoms with E-state index in [1.54, 1.807) is 12.1 Å². The maximum atomic E-state index is 12.3. The molecule has 3 amide bonds. The van der Waals surface area contributed by atoms with Crippen LogP contribution in [-0.2, 0) is 9.59 Å². The minimum Gasteiger partial charge on any atom is -0.366 e. The van der Waals surface area contributed by atoms with Gasteiger partial charge in [0, 0.05) is 5.69 Å². The van der Waals surface area contributed by atoms with E-state index < -0.39 is 17.7 Å². The molecule has 4 N–H and O–H groups in total. The lowest BCUT2D eigenvalue weighted by atomic mass is 9.98. The molecule has 0 saturated carbocycles. The highest BCUT2D eigenvalue weighted by Gasteiger charge is 2.19. The number of nitrogens with two attached hydrogens (primary N) is 1. The summed E-state index contributed by atoms with van der Waals surface area (Å²) in [6.45, 7) is 5.88. The maximum absolute atomic E-state index is 12.3. The zero-order chi connectivity index (χ0) is 18.6. The van der Waals surface area contributed by atoms with Gasteiger partial charge in [-0.2, -0.15) is 0 Å². The first-order valence-electron chi connectivity index (χ1n) is 7.92. The smallest absolute Gasteiger partial charge is 0.314 e. The van der Waals surface area contributed by atoms with Crippen molar-refractivity contribution in [3.63, 3.8) is 0 Å². The molecule has 0 radical (unpaired) electrons. The number of anilines is 2. The molecule has 2 aromatic carbocycles. The van der Waals surface area contributed by atoms with Gasteiger partial charge in [-0.25, -0.2) is 0 Å². The van der Waals surface area contributed by atoms with Crippen LogP contribution in [0.3, 0.4) is 0 Å². The lowest BCUT2D eigenvalue weighted by molar-refractivity contribution is -0.133. The monoisotopic (exact) mass is 339 g/mol. The van der Waals surface area contributed by atoms with E-state index in [2.05, 4.69) is 10.6 Å². The number of hydrogen-bond donors (Lipinski definition) is 3. The number of carbonyl (C=O) groups excluding carboxylic acids is 3. The normalized spacial score (nSPS) is 10.4. The first-order valence-corrected chi connectivity index (χ1v) is 7.92. The van der Waals surface area contributed by atoms with Crippen molar-refractivity contribution < 1.29 is 14.4 Å². The van der Waals surface area contributed by atoms with E-state index in [-0.39, 0.29) is 17.2 Å². The minimum atomic E-state index is -0.869. The van der Waals surface area contributed by atoms with Gasteiger partial charge in [-0.05, 0) is 36.1 Å². The van der Waals surface area contributed by atoms with Gasteiger partial charge in [0.05, 0.1) is 11.3 Å². The molecule has 6 heteroatoms. The van der Waals surface area contributed by atoms with Crippen LogP contribution in [0.2, 0.25) is 0 Å². The zero-order valence-electron chi connectivity index (χ0n) is 14.4. The molecule has 0 atom stereocenters. The summed E-state index contributed by atoms with van der Waals surface area (Å²) in [5.74, 6) is -2.17. The molecule has 2 aromatic rings. The van der Waals surface area contributed by atoms with Gasteiger partial charge in [-0.1, -0.05) is 44.2 Å². The van der Waals surface area contributed by atoms with Crippen molar-refractivity contribution in [1.82, 2.24) is 0 Å². The summed E-state index contributed by atoms with van der Waals surface area (Å²) in [5.41, 5.74) is 8.05. The third kappa shape index (κ3) is 4.23. The predicted octanol–water partition coefficient (Wildman–Crippen LogP) is 2.79. The summed E-state index contributed by atoms with van der Waals surface area (Å²) in [5, 5.41) is 5.09. The molecule has 0 aliphatic carbocycles. The SMILES string of the molecule is Cc1cccc(C(C)C)c1NC(=O)C(=O)Nc1ccccc1C(N)=O. The van der Waals surface area contributed by atoms with E-state index in [9.17, 15) is 14.4 Å². The number of benzene rings is 2. The van der Waals surface area contributed by atoms with Crippen LogP contribution in [0.1, 0.15) is 41.3 Å². The largest absolute Gasteiger partial charge is 0.366 e. The lowest BCUT2D eigenvalue weighted by Gasteiger charge is -2.16. The Balaban J connectivity index is 2.20. The third-order valence-electron chi connectivity index (χ3n) is 3.81. The number of hydrogen-bond acceptors (Lipinski definition) is 3. The first kappa shape index (κ1) is 18.2. The number of rotatable bonds is 4. The van der Waals surface area contributed by atoms with Crippen molar-refractivity contribution in [1.29, 1.82) is 0 Å². The van der Waals surface area contributed by atoms with E-state index >= 15 is 0 Å². The summed E-state index contributed by atoms with van der Waals surface area (Å²) >= 11 is 0. The second kappa shape index (κ2) is 7.61. The van der Waals surface area contributed by atoms with Gasteiger partial charge in [-0.3, -0.25) is 14.4 Å². The number of primary amides is 1. The van der Waals surface area contributed by atoms with Crippen molar-refractivity contribution in [3.8, 4) is 0 Å². The van der Waals surface area contributed by atoms with E-state index in [1.807, 2.05) is 39.0 Å². The fraction of sp³-hybridized carbons (Fsp3) is 0.211. The molecule has 0 aliphatic heterocycles. The van der Waals surface area contributed by atoms with Crippen LogP contribution < -0.4 is 16.4 Å². The van der Waals surface area contributed by atoms with Gasteiger partial charge in [0.25, 0.3) is 5.91 Å². The number of para-hydroxylation sites is 2. The second-order valence-corrected chi connectivity index (χ2v) is 6.01. The standard InChI is InChI=1S/C19H21N3O3/c1-11(2)13-9-6-7-12(3)16(13)22-19(25)18(24)21-15-10-5-4-8-14(15)17(20)23/h4-11H,1-3H3,(H2,20,23)(H,21,24)(H,22,25). The Morgan fingerprint density at radius 2 is 1.56 bits per heavy atom. The van der Waals surface area contributed by atoms with Crippen molar-refractivity contribution in [2.75, 3.05) is 10.6 Å². The molecular weight excluding hydrogens is 318 g/mol. The fourth-order valence-electron chi connectivity index (χ4n) is 2.50. The van der Waals surface area contributed by atoms with Gasteiger partial charge >= 0.3 is 11.8 Å². The van der Waals surface area contributed by atoms with E-state index in [0.29, 0.717) is 5.69 Å². The first-order chi connectivity index (χ1) is 11.8. The molecule has 0 spiro atoms. The molecule has 0 aliphatic rings. The van der Waals surface area contributed by atoms with Gasteiger partial charge in [0.15, 0.2) is 0 Å². The Labute approximate surface area is 146 Å². The molecule has 25 heavy (non-hydrogen) atoms. The average Bonchev–Trinajstić information content (AvgIpc) is 2.56. The maximum Gasteiger partial charge on any atom is 0.314 e. The topological polar surface area (TPSA) is 101 Å². The summed E-state index contributed by atoms with van der Waals surface area (Å²) in [6, 6.07) is 11.9.